The Labute approximate surface area is 163 Å². The monoisotopic (exact) mass is 372 g/mol. The molecular formula is C23H36N2O2. The second-order valence-corrected chi connectivity index (χ2v) is 10.8. The van der Waals surface area contributed by atoms with E-state index in [1.54, 1.807) is 0 Å². The van der Waals surface area contributed by atoms with Gasteiger partial charge in [-0.1, -0.05) is 19.3 Å². The summed E-state index contributed by atoms with van der Waals surface area (Å²) in [5.74, 6) is 4.44. The average Bonchev–Trinajstić information content (AvgIpc) is 2.64. The molecule has 1 N–H and O–H groups in total. The predicted molar refractivity (Wildman–Crippen MR) is 105 cm³/mol. The van der Waals surface area contributed by atoms with Gasteiger partial charge in [0.2, 0.25) is 11.8 Å². The molecule has 5 aliphatic carbocycles. The highest BCUT2D eigenvalue weighted by molar-refractivity contribution is 5.85. The lowest BCUT2D eigenvalue weighted by molar-refractivity contribution is -0.137. The summed E-state index contributed by atoms with van der Waals surface area (Å²) in [5, 5.41) is 3.00. The maximum absolute atomic E-state index is 12.7. The van der Waals surface area contributed by atoms with Crippen LogP contribution in [0.5, 0.6) is 0 Å². The Morgan fingerprint density at radius 1 is 0.889 bits per heavy atom. The van der Waals surface area contributed by atoms with Crippen molar-refractivity contribution in [1.82, 2.24) is 10.2 Å². The molecule has 4 heteroatoms. The van der Waals surface area contributed by atoms with Crippen molar-refractivity contribution in [2.24, 2.45) is 35.0 Å². The third-order valence-electron chi connectivity index (χ3n) is 8.78. The first-order chi connectivity index (χ1) is 13.1. The fourth-order valence-electron chi connectivity index (χ4n) is 8.02. The van der Waals surface area contributed by atoms with E-state index in [1.807, 2.05) is 4.90 Å². The van der Waals surface area contributed by atoms with Crippen molar-refractivity contribution in [2.45, 2.75) is 77.0 Å². The van der Waals surface area contributed by atoms with Crippen molar-refractivity contribution < 1.29 is 9.59 Å². The number of carbonyl (C=O) groups is 2. The van der Waals surface area contributed by atoms with Crippen LogP contribution in [0.2, 0.25) is 0 Å². The Morgan fingerprint density at radius 3 is 2.19 bits per heavy atom. The number of hydrogen-bond acceptors (Lipinski definition) is 2. The molecule has 6 rings (SSSR count). The number of likely N-dealkylation sites (tertiary alicyclic amines) is 1. The molecule has 1 heterocycles. The third-order valence-corrected chi connectivity index (χ3v) is 8.78. The fourth-order valence-corrected chi connectivity index (χ4v) is 8.02. The van der Waals surface area contributed by atoms with Crippen molar-refractivity contribution in [2.75, 3.05) is 19.6 Å². The normalized spacial score (nSPS) is 42.7. The molecule has 0 aromatic rings. The number of amides is 2. The molecule has 27 heavy (non-hydrogen) atoms. The molecule has 1 saturated heterocycles. The Balaban J connectivity index is 1.11. The summed E-state index contributed by atoms with van der Waals surface area (Å²) in [6.07, 6.45) is 15.2. The van der Waals surface area contributed by atoms with E-state index in [0.717, 1.165) is 43.2 Å². The molecule has 6 fully saturated rings. The molecule has 0 radical (unpaired) electrons. The second-order valence-electron chi connectivity index (χ2n) is 10.8. The van der Waals surface area contributed by atoms with E-state index in [-0.39, 0.29) is 23.8 Å². The van der Waals surface area contributed by atoms with Gasteiger partial charge in [-0.15, -0.1) is 0 Å². The molecule has 0 aromatic heterocycles. The number of nitrogens with zero attached hydrogens (tertiary/aromatic N) is 1. The van der Waals surface area contributed by atoms with Gasteiger partial charge in [-0.3, -0.25) is 9.59 Å². The number of carbonyl (C=O) groups excluding carboxylic acids is 2. The molecular weight excluding hydrogens is 336 g/mol. The Kier molecular flexibility index (Phi) is 4.72. The molecule has 2 amide bonds. The van der Waals surface area contributed by atoms with Crippen LogP contribution in [0.1, 0.15) is 77.0 Å². The van der Waals surface area contributed by atoms with Crippen LogP contribution in [0.15, 0.2) is 0 Å². The minimum atomic E-state index is 0.123. The maximum atomic E-state index is 12.7. The van der Waals surface area contributed by atoms with Crippen LogP contribution in [-0.4, -0.2) is 36.3 Å². The lowest BCUT2D eigenvalue weighted by Crippen LogP contribution is -2.50. The van der Waals surface area contributed by atoms with Crippen LogP contribution in [0.3, 0.4) is 0 Å². The maximum Gasteiger partial charge on any atom is 0.241 e. The van der Waals surface area contributed by atoms with Gasteiger partial charge >= 0.3 is 0 Å². The topological polar surface area (TPSA) is 49.4 Å². The summed E-state index contributed by atoms with van der Waals surface area (Å²) >= 11 is 0. The first-order valence-corrected chi connectivity index (χ1v) is 11.6. The smallest absolute Gasteiger partial charge is 0.241 e. The molecule has 0 spiro atoms. The van der Waals surface area contributed by atoms with E-state index in [2.05, 4.69) is 5.32 Å². The van der Waals surface area contributed by atoms with Crippen molar-refractivity contribution in [3.05, 3.63) is 0 Å². The Hall–Kier alpha value is -1.06. The van der Waals surface area contributed by atoms with Crippen molar-refractivity contribution in [3.63, 3.8) is 0 Å². The summed E-state index contributed by atoms with van der Waals surface area (Å²) in [5.41, 5.74) is 0.266. The van der Waals surface area contributed by atoms with Gasteiger partial charge in [-0.05, 0) is 86.4 Å². The fraction of sp³-hybridized carbons (Fsp3) is 0.913. The van der Waals surface area contributed by atoms with E-state index in [1.165, 1.54) is 64.2 Å². The van der Waals surface area contributed by atoms with Gasteiger partial charge in [0.05, 0.1) is 6.54 Å². The van der Waals surface area contributed by atoms with Gasteiger partial charge in [0.25, 0.3) is 0 Å². The van der Waals surface area contributed by atoms with Crippen LogP contribution in [-0.2, 0) is 9.59 Å². The quantitative estimate of drug-likeness (QED) is 0.817. The minimum absolute atomic E-state index is 0.123. The van der Waals surface area contributed by atoms with Crippen molar-refractivity contribution >= 4 is 11.8 Å². The van der Waals surface area contributed by atoms with Crippen LogP contribution in [0, 0.1) is 35.0 Å². The highest BCUT2D eigenvalue weighted by atomic mass is 16.2. The van der Waals surface area contributed by atoms with Gasteiger partial charge in [-0.2, -0.15) is 0 Å². The molecule has 4 nitrogen and oxygen atoms in total. The van der Waals surface area contributed by atoms with Crippen LogP contribution < -0.4 is 5.32 Å². The number of piperidine rings is 1. The van der Waals surface area contributed by atoms with Gasteiger partial charge in [-0.25, -0.2) is 0 Å². The zero-order chi connectivity index (χ0) is 18.4. The summed E-state index contributed by atoms with van der Waals surface area (Å²) in [7, 11) is 0. The van der Waals surface area contributed by atoms with Gasteiger partial charge < -0.3 is 10.2 Å². The largest absolute Gasteiger partial charge is 0.347 e. The summed E-state index contributed by atoms with van der Waals surface area (Å²) < 4.78 is 0. The van der Waals surface area contributed by atoms with E-state index >= 15 is 0 Å². The van der Waals surface area contributed by atoms with E-state index in [9.17, 15) is 9.59 Å². The molecule has 0 aromatic carbocycles. The number of hydrogen-bond donors (Lipinski definition) is 1. The molecule has 150 valence electrons. The van der Waals surface area contributed by atoms with E-state index in [4.69, 9.17) is 0 Å². The zero-order valence-electron chi connectivity index (χ0n) is 16.8. The summed E-state index contributed by atoms with van der Waals surface area (Å²) in [4.78, 5) is 27.3. The summed E-state index contributed by atoms with van der Waals surface area (Å²) in [6, 6.07) is 0. The second kappa shape index (κ2) is 7.08. The Morgan fingerprint density at radius 2 is 1.52 bits per heavy atom. The highest BCUT2D eigenvalue weighted by Gasteiger charge is 2.51. The molecule has 1 aliphatic heterocycles. The number of nitrogens with one attached hydrogen (secondary N) is 1. The molecule has 2 atom stereocenters. The molecule has 5 saturated carbocycles. The standard InChI is InChI=1S/C23H36N2O2/c26-21(13-23-10-16-7-17(11-23)9-18(8-16)12-23)24-14-22(27)25-6-5-19-3-1-2-4-20(19)15-25/h16-20H,1-15H2,(H,24,26)/t16?,17?,18?,19-,20+,23?/m1/s1. The van der Waals surface area contributed by atoms with Crippen molar-refractivity contribution in [3.8, 4) is 0 Å². The Bertz CT molecular complexity index is 566. The summed E-state index contributed by atoms with van der Waals surface area (Å²) in [6.45, 7) is 2.03. The SMILES string of the molecule is O=C(CC12CC3CC(CC(C3)C1)C2)NCC(=O)N1CC[C@H]2CCCC[C@H]2C1. The molecule has 0 unspecified atom stereocenters. The minimum Gasteiger partial charge on any atom is -0.347 e. The van der Waals surface area contributed by atoms with Crippen LogP contribution in [0.25, 0.3) is 0 Å². The highest BCUT2D eigenvalue weighted by Crippen LogP contribution is 2.61. The van der Waals surface area contributed by atoms with Gasteiger partial charge in [0, 0.05) is 19.5 Å². The first-order valence-electron chi connectivity index (χ1n) is 11.6. The van der Waals surface area contributed by atoms with Crippen molar-refractivity contribution in [1.29, 1.82) is 0 Å². The van der Waals surface area contributed by atoms with Gasteiger partial charge in [0.15, 0.2) is 0 Å². The lowest BCUT2D eigenvalue weighted by Gasteiger charge is -2.56. The van der Waals surface area contributed by atoms with Crippen LogP contribution in [0.4, 0.5) is 0 Å². The predicted octanol–water partition coefficient (Wildman–Crippen LogP) is 3.75. The number of fused-ring (bicyclic) bond motifs is 1. The molecule has 4 bridgehead atoms. The van der Waals surface area contributed by atoms with E-state index in [0.29, 0.717) is 12.3 Å². The lowest BCUT2D eigenvalue weighted by atomic mass is 9.49. The number of rotatable bonds is 4. The third kappa shape index (κ3) is 3.65. The van der Waals surface area contributed by atoms with E-state index < -0.39 is 0 Å². The van der Waals surface area contributed by atoms with Crippen LogP contribution >= 0.6 is 0 Å². The first kappa shape index (κ1) is 18.0. The zero-order valence-corrected chi connectivity index (χ0v) is 16.8. The van der Waals surface area contributed by atoms with Gasteiger partial charge in [0.1, 0.15) is 0 Å². The average molecular weight is 373 g/mol. The molecule has 6 aliphatic rings.